The van der Waals surface area contributed by atoms with E-state index < -0.39 is 0 Å². The van der Waals surface area contributed by atoms with E-state index in [1.165, 1.54) is 6.20 Å². The highest BCUT2D eigenvalue weighted by atomic mass is 35.5. The predicted molar refractivity (Wildman–Crippen MR) is 61.1 cm³/mol. The molecule has 5 nitrogen and oxygen atoms in total. The highest BCUT2D eigenvalue weighted by Crippen LogP contribution is 2.24. The molecule has 1 fully saturated rings. The Balaban J connectivity index is 2.08. The van der Waals surface area contributed by atoms with E-state index in [4.69, 9.17) is 21.1 Å². The lowest BCUT2D eigenvalue weighted by Gasteiger charge is -2.12. The molecular weight excluding hydrogens is 230 g/mol. The SMILES string of the molecule is CCNc1ncc(Cl)c(OC2CCOC2)n1. The molecule has 0 radical (unpaired) electrons. The molecular formula is C10H14ClN3O2. The molecule has 1 aliphatic heterocycles. The van der Waals surface area contributed by atoms with Gasteiger partial charge in [-0.2, -0.15) is 4.98 Å². The third-order valence-electron chi connectivity index (χ3n) is 2.21. The van der Waals surface area contributed by atoms with Gasteiger partial charge in [0.1, 0.15) is 11.1 Å². The van der Waals surface area contributed by atoms with Gasteiger partial charge < -0.3 is 14.8 Å². The van der Waals surface area contributed by atoms with Crippen LogP contribution in [0.4, 0.5) is 5.95 Å². The number of hydrogen-bond donors (Lipinski definition) is 1. The van der Waals surface area contributed by atoms with Gasteiger partial charge in [-0.05, 0) is 6.92 Å². The van der Waals surface area contributed by atoms with Gasteiger partial charge >= 0.3 is 0 Å². The van der Waals surface area contributed by atoms with Crippen LogP contribution in [-0.4, -0.2) is 35.8 Å². The lowest BCUT2D eigenvalue weighted by Crippen LogP contribution is -2.17. The van der Waals surface area contributed by atoms with E-state index in [0.29, 0.717) is 23.5 Å². The van der Waals surface area contributed by atoms with Gasteiger partial charge in [-0.3, -0.25) is 0 Å². The number of halogens is 1. The lowest BCUT2D eigenvalue weighted by atomic mass is 10.3. The number of nitrogens with zero attached hydrogens (tertiary/aromatic N) is 2. The van der Waals surface area contributed by atoms with Gasteiger partial charge in [-0.1, -0.05) is 11.6 Å². The zero-order chi connectivity index (χ0) is 11.4. The molecule has 0 spiro atoms. The van der Waals surface area contributed by atoms with Crippen molar-refractivity contribution < 1.29 is 9.47 Å². The van der Waals surface area contributed by atoms with Crippen LogP contribution in [-0.2, 0) is 4.74 Å². The van der Waals surface area contributed by atoms with Gasteiger partial charge in [-0.15, -0.1) is 0 Å². The normalized spacial score (nSPS) is 19.8. The van der Waals surface area contributed by atoms with Crippen molar-refractivity contribution in [2.24, 2.45) is 0 Å². The summed E-state index contributed by atoms with van der Waals surface area (Å²) < 4.78 is 10.9. The zero-order valence-electron chi connectivity index (χ0n) is 9.07. The first-order valence-electron chi connectivity index (χ1n) is 5.30. The van der Waals surface area contributed by atoms with E-state index in [2.05, 4.69) is 15.3 Å². The number of ether oxygens (including phenoxy) is 2. The lowest BCUT2D eigenvalue weighted by molar-refractivity contribution is 0.138. The van der Waals surface area contributed by atoms with Crippen molar-refractivity contribution in [3.63, 3.8) is 0 Å². The standard InChI is InChI=1S/C10H14ClN3O2/c1-2-12-10-13-5-8(11)9(14-10)16-7-3-4-15-6-7/h5,7H,2-4,6H2,1H3,(H,12,13,14). The van der Waals surface area contributed by atoms with Crippen molar-refractivity contribution in [1.29, 1.82) is 0 Å². The third-order valence-corrected chi connectivity index (χ3v) is 2.47. The summed E-state index contributed by atoms with van der Waals surface area (Å²) in [5.41, 5.74) is 0. The van der Waals surface area contributed by atoms with Gasteiger partial charge in [-0.25, -0.2) is 4.98 Å². The largest absolute Gasteiger partial charge is 0.471 e. The maximum Gasteiger partial charge on any atom is 0.237 e. The second-order valence-electron chi connectivity index (χ2n) is 3.48. The topological polar surface area (TPSA) is 56.3 Å². The van der Waals surface area contributed by atoms with Crippen molar-refractivity contribution in [3.05, 3.63) is 11.2 Å². The van der Waals surface area contributed by atoms with Gasteiger partial charge in [0.2, 0.25) is 11.8 Å². The van der Waals surface area contributed by atoms with Crippen LogP contribution in [0.25, 0.3) is 0 Å². The molecule has 1 N–H and O–H groups in total. The Morgan fingerprint density at radius 1 is 1.69 bits per heavy atom. The summed E-state index contributed by atoms with van der Waals surface area (Å²) in [5.74, 6) is 0.948. The fourth-order valence-electron chi connectivity index (χ4n) is 1.44. The second-order valence-corrected chi connectivity index (χ2v) is 3.89. The Hall–Kier alpha value is -1.07. The monoisotopic (exact) mass is 243 g/mol. The van der Waals surface area contributed by atoms with E-state index in [1.807, 2.05) is 6.92 Å². The Labute approximate surface area is 99.1 Å². The molecule has 1 aromatic rings. The molecule has 2 rings (SSSR count). The predicted octanol–water partition coefficient (Wildman–Crippen LogP) is 1.73. The van der Waals surface area contributed by atoms with Crippen molar-refractivity contribution in [1.82, 2.24) is 9.97 Å². The summed E-state index contributed by atoms with van der Waals surface area (Å²) >= 11 is 5.96. The Kier molecular flexibility index (Phi) is 3.79. The first-order chi connectivity index (χ1) is 7.79. The van der Waals surface area contributed by atoms with E-state index in [0.717, 1.165) is 19.6 Å². The minimum Gasteiger partial charge on any atom is -0.471 e. The maximum atomic E-state index is 5.96. The maximum absolute atomic E-state index is 5.96. The molecule has 1 aliphatic rings. The summed E-state index contributed by atoms with van der Waals surface area (Å²) in [4.78, 5) is 8.23. The second kappa shape index (κ2) is 5.32. The van der Waals surface area contributed by atoms with Crippen molar-refractivity contribution in [2.45, 2.75) is 19.4 Å². The summed E-state index contributed by atoms with van der Waals surface area (Å²) in [6.07, 6.45) is 2.45. The smallest absolute Gasteiger partial charge is 0.237 e. The molecule has 0 bridgehead atoms. The third kappa shape index (κ3) is 2.74. The van der Waals surface area contributed by atoms with Crippen LogP contribution in [0, 0.1) is 0 Å². The molecule has 0 amide bonds. The van der Waals surface area contributed by atoms with Crippen LogP contribution in [0.3, 0.4) is 0 Å². The Bertz CT molecular complexity index is 356. The number of hydrogen-bond acceptors (Lipinski definition) is 5. The summed E-state index contributed by atoms with van der Waals surface area (Å²) in [6, 6.07) is 0. The highest BCUT2D eigenvalue weighted by molar-refractivity contribution is 6.31. The van der Waals surface area contributed by atoms with Crippen molar-refractivity contribution in [2.75, 3.05) is 25.1 Å². The summed E-state index contributed by atoms with van der Waals surface area (Å²) in [5, 5.41) is 3.43. The number of anilines is 1. The van der Waals surface area contributed by atoms with Crippen molar-refractivity contribution in [3.8, 4) is 5.88 Å². The van der Waals surface area contributed by atoms with Crippen LogP contribution < -0.4 is 10.1 Å². The fraction of sp³-hybridized carbons (Fsp3) is 0.600. The number of nitrogens with one attached hydrogen (secondary N) is 1. The molecule has 16 heavy (non-hydrogen) atoms. The Morgan fingerprint density at radius 2 is 2.56 bits per heavy atom. The van der Waals surface area contributed by atoms with Gasteiger partial charge in [0.05, 0.1) is 19.4 Å². The molecule has 1 saturated heterocycles. The van der Waals surface area contributed by atoms with Crippen LogP contribution in [0.1, 0.15) is 13.3 Å². The van der Waals surface area contributed by atoms with Gasteiger partial charge in [0, 0.05) is 13.0 Å². The molecule has 0 saturated carbocycles. The zero-order valence-corrected chi connectivity index (χ0v) is 9.83. The fourth-order valence-corrected chi connectivity index (χ4v) is 1.58. The molecule has 1 atom stereocenters. The minimum atomic E-state index is 0.0434. The Morgan fingerprint density at radius 3 is 3.25 bits per heavy atom. The van der Waals surface area contributed by atoms with E-state index in [9.17, 15) is 0 Å². The summed E-state index contributed by atoms with van der Waals surface area (Å²) in [7, 11) is 0. The molecule has 2 heterocycles. The van der Waals surface area contributed by atoms with Crippen LogP contribution >= 0.6 is 11.6 Å². The molecule has 0 aromatic carbocycles. The van der Waals surface area contributed by atoms with E-state index in [1.54, 1.807) is 0 Å². The average molecular weight is 244 g/mol. The van der Waals surface area contributed by atoms with Gasteiger partial charge in [0.25, 0.3) is 0 Å². The van der Waals surface area contributed by atoms with E-state index >= 15 is 0 Å². The van der Waals surface area contributed by atoms with E-state index in [-0.39, 0.29) is 6.10 Å². The highest BCUT2D eigenvalue weighted by Gasteiger charge is 2.19. The number of aromatic nitrogens is 2. The molecule has 1 unspecified atom stereocenters. The summed E-state index contributed by atoms with van der Waals surface area (Å²) in [6.45, 7) is 4.06. The molecule has 0 aliphatic carbocycles. The molecule has 88 valence electrons. The van der Waals surface area contributed by atoms with Crippen LogP contribution in [0.15, 0.2) is 6.20 Å². The quantitative estimate of drug-likeness (QED) is 0.873. The molecule has 6 heteroatoms. The molecule has 1 aromatic heterocycles. The van der Waals surface area contributed by atoms with Crippen LogP contribution in [0.5, 0.6) is 5.88 Å². The first-order valence-corrected chi connectivity index (χ1v) is 5.68. The van der Waals surface area contributed by atoms with Gasteiger partial charge in [0.15, 0.2) is 0 Å². The minimum absolute atomic E-state index is 0.0434. The van der Waals surface area contributed by atoms with Crippen LogP contribution in [0.2, 0.25) is 5.02 Å². The first kappa shape index (κ1) is 11.4. The number of rotatable bonds is 4. The van der Waals surface area contributed by atoms with Crippen molar-refractivity contribution >= 4 is 17.5 Å². The average Bonchev–Trinajstić information content (AvgIpc) is 2.76.